The molecule has 3 atom stereocenters. The third kappa shape index (κ3) is 18.5. The van der Waals surface area contributed by atoms with Gasteiger partial charge in [-0.3, -0.25) is 14.7 Å². The number of H-pyrrole nitrogens is 3. The Hall–Kier alpha value is -7.97. The molecule has 3 aromatic heterocycles. The van der Waals surface area contributed by atoms with Crippen molar-refractivity contribution in [1.82, 2.24) is 29.7 Å². The van der Waals surface area contributed by atoms with Crippen LogP contribution in [0.25, 0.3) is 32.7 Å². The highest BCUT2D eigenvalue weighted by molar-refractivity contribution is 6.32. The Kier molecular flexibility index (Phi) is 26.3. The number of aromatic amines is 3. The topological polar surface area (TPSA) is 182 Å². The van der Waals surface area contributed by atoms with Crippen LogP contribution < -0.4 is 18.9 Å². The summed E-state index contributed by atoms with van der Waals surface area (Å²) in [5, 5.41) is 5.94. The van der Waals surface area contributed by atoms with Crippen molar-refractivity contribution in [2.24, 2.45) is 5.92 Å². The molecule has 0 spiro atoms. The monoisotopic (exact) mass is 1490 g/mol. The Labute approximate surface area is 618 Å². The molecule has 0 saturated heterocycles. The molecule has 23 heteroatoms. The van der Waals surface area contributed by atoms with Crippen LogP contribution in [0.2, 0.25) is 20.1 Å². The summed E-state index contributed by atoms with van der Waals surface area (Å²) < 4.78 is 44.2. The number of amides is 3. The van der Waals surface area contributed by atoms with Gasteiger partial charge >= 0.3 is 18.3 Å². The van der Waals surface area contributed by atoms with E-state index >= 15 is 0 Å². The molecule has 3 N–H and O–H groups in total. The molecule has 0 radical (unpaired) electrons. The molecule has 0 aliphatic carbocycles. The Morgan fingerprint density at radius 1 is 0.436 bits per heavy atom. The number of nitrogens with zero attached hydrogens (tertiary/aromatic N) is 3. The first-order chi connectivity index (χ1) is 49.1. The fraction of sp³-hybridized carbons (Fsp3) is 0.346. The number of halogens is 6. The number of carbonyl (C=O) groups excluding carboxylic acids is 3. The molecular formula is C78H82Cl6N6O11. The number of nitrogens with one attached hydrogen (secondary N) is 3. The minimum absolute atomic E-state index is 0.273. The first-order valence-corrected chi connectivity index (χ1v) is 36.5. The van der Waals surface area contributed by atoms with Crippen molar-refractivity contribution in [1.29, 1.82) is 0 Å². The zero-order valence-corrected chi connectivity index (χ0v) is 61.3. The number of fused-ring (bicyclic) bond motifs is 9. The SMILES string of the molecule is CC(C)COC(=O)N1CCc2c([nH]c3ccc(Cl)cc23)C1c1ccc(OCCCCCl)cc1.COCCOCCOc1ccc(C2c3[nH]c4ccc(Cl)cc4c3CCN2C(=O)OC)cc1.O=C(Oc1ccc(Cl)cc1)N1CCc2c([nH]c3ccc(Cl)cc23)C1c1ccc(OCCCCCl)cc1. The van der Waals surface area contributed by atoms with E-state index in [4.69, 9.17) is 108 Å². The lowest BCUT2D eigenvalue weighted by Gasteiger charge is -2.35. The molecule has 17 nitrogen and oxygen atoms in total. The second-order valence-electron chi connectivity index (χ2n) is 25.1. The summed E-state index contributed by atoms with van der Waals surface area (Å²) in [5.41, 5.74) is 12.4. The zero-order chi connectivity index (χ0) is 70.9. The molecule has 0 saturated carbocycles. The molecule has 3 unspecified atom stereocenters. The van der Waals surface area contributed by atoms with E-state index in [2.05, 4.69) is 15.0 Å². The van der Waals surface area contributed by atoms with Crippen LogP contribution in [-0.2, 0) is 38.2 Å². The van der Waals surface area contributed by atoms with Gasteiger partial charge in [-0.25, -0.2) is 14.4 Å². The highest BCUT2D eigenvalue weighted by Gasteiger charge is 2.39. The van der Waals surface area contributed by atoms with Crippen LogP contribution >= 0.6 is 69.6 Å². The highest BCUT2D eigenvalue weighted by atomic mass is 35.5. The molecule has 7 aromatic carbocycles. The van der Waals surface area contributed by atoms with Crippen LogP contribution in [0, 0.1) is 5.92 Å². The van der Waals surface area contributed by atoms with Crippen molar-refractivity contribution >= 4 is 121 Å². The number of hydrogen-bond donors (Lipinski definition) is 3. The number of methoxy groups -OCH3 is 2. The van der Waals surface area contributed by atoms with Gasteiger partial charge in [0.25, 0.3) is 0 Å². The van der Waals surface area contributed by atoms with Gasteiger partial charge in [-0.15, -0.1) is 23.2 Å². The van der Waals surface area contributed by atoms with Gasteiger partial charge in [0.1, 0.15) is 47.7 Å². The van der Waals surface area contributed by atoms with Crippen LogP contribution in [0.5, 0.6) is 23.0 Å². The van der Waals surface area contributed by atoms with Crippen LogP contribution in [-0.4, -0.2) is 140 Å². The summed E-state index contributed by atoms with van der Waals surface area (Å²) in [5.74, 6) is 4.32. The Morgan fingerprint density at radius 2 is 0.802 bits per heavy atom. The van der Waals surface area contributed by atoms with Crippen molar-refractivity contribution < 1.29 is 52.3 Å². The van der Waals surface area contributed by atoms with E-state index in [9.17, 15) is 14.4 Å². The number of rotatable bonds is 23. The van der Waals surface area contributed by atoms with Gasteiger partial charge in [-0.2, -0.15) is 0 Å². The minimum Gasteiger partial charge on any atom is -0.494 e. The van der Waals surface area contributed by atoms with E-state index in [0.717, 1.165) is 128 Å². The molecule has 101 heavy (non-hydrogen) atoms. The summed E-state index contributed by atoms with van der Waals surface area (Å²) in [6, 6.07) is 47.0. The average Bonchev–Trinajstić information content (AvgIpc) is 1.66. The smallest absolute Gasteiger partial charge is 0.416 e. The predicted octanol–water partition coefficient (Wildman–Crippen LogP) is 19.6. The van der Waals surface area contributed by atoms with Gasteiger partial charge < -0.3 is 52.8 Å². The van der Waals surface area contributed by atoms with Crippen molar-refractivity contribution in [2.75, 3.05) is 91.9 Å². The maximum Gasteiger partial charge on any atom is 0.416 e. The lowest BCUT2D eigenvalue weighted by atomic mass is 9.92. The molecular weight excluding hydrogens is 1410 g/mol. The van der Waals surface area contributed by atoms with Gasteiger partial charge in [0.05, 0.1) is 46.8 Å². The van der Waals surface area contributed by atoms with E-state index < -0.39 is 6.09 Å². The second-order valence-corrected chi connectivity index (χ2v) is 27.6. The summed E-state index contributed by atoms with van der Waals surface area (Å²) >= 11 is 36.3. The summed E-state index contributed by atoms with van der Waals surface area (Å²) in [6.07, 6.45) is 4.75. The maximum atomic E-state index is 13.4. The largest absolute Gasteiger partial charge is 0.494 e. The summed E-state index contributed by atoms with van der Waals surface area (Å²) in [6.45, 7) is 9.39. The molecule has 3 aliphatic heterocycles. The second kappa shape index (κ2) is 35.8. The first-order valence-electron chi connectivity index (χ1n) is 33.9. The Bertz CT molecular complexity index is 4400. The van der Waals surface area contributed by atoms with E-state index in [-0.39, 0.29) is 36.2 Å². The molecule has 13 rings (SSSR count). The third-order valence-electron chi connectivity index (χ3n) is 17.8. The van der Waals surface area contributed by atoms with E-state index in [1.807, 2.05) is 146 Å². The van der Waals surface area contributed by atoms with Crippen LogP contribution in [0.4, 0.5) is 14.4 Å². The number of hydrogen-bond acceptors (Lipinski definition) is 11. The quantitative estimate of drug-likeness (QED) is 0.0409. The molecule has 6 heterocycles. The third-order valence-corrected chi connectivity index (χ3v) is 19.3. The standard InChI is InChI=1S/C28H25Cl3N2O3.C26H30Cl2N2O3.C24H27ClN2O5/c29-14-1-2-16-35-21-8-3-18(4-9-21)27-26-23(24-17-20(31)7-12-25(24)32-26)13-15-33(27)28(34)36-22-10-5-19(30)6-11-22;1-17(2)16-33-26(31)30-13-11-21-22-15-19(28)7-10-23(22)29-24(21)25(30)18-5-8-20(9-6-18)32-14-4-3-12-27;1-29-11-12-31-13-14-32-18-6-3-16(4-7-18)23-22-19(9-10-27(23)24(28)30-2)20-15-17(25)5-8-21(20)26-22/h3-12,17,27,32H,1-2,13-16H2;5-10,15,17,25,29H,3-4,11-14,16H2,1-2H3;3-8,15,23,26H,9-14H2,1-2H3. The molecule has 0 fully saturated rings. The van der Waals surface area contributed by atoms with Crippen molar-refractivity contribution in [3.05, 3.63) is 222 Å². The van der Waals surface area contributed by atoms with E-state index in [1.54, 1.807) is 41.2 Å². The average molecular weight is 1490 g/mol. The predicted molar refractivity (Wildman–Crippen MR) is 401 cm³/mol. The number of alkyl halides is 2. The van der Waals surface area contributed by atoms with Crippen LogP contribution in [0.1, 0.15) is 108 Å². The Balaban J connectivity index is 0.000000153. The lowest BCUT2D eigenvalue weighted by Crippen LogP contribution is -2.42. The summed E-state index contributed by atoms with van der Waals surface area (Å²) in [7, 11) is 3.05. The lowest BCUT2D eigenvalue weighted by molar-refractivity contribution is 0.0544. The van der Waals surface area contributed by atoms with Gasteiger partial charge in [0, 0.05) is 108 Å². The van der Waals surface area contributed by atoms with Crippen LogP contribution in [0.15, 0.2) is 152 Å². The molecule has 3 amide bonds. The minimum atomic E-state index is -0.425. The van der Waals surface area contributed by atoms with Gasteiger partial charge in [-0.1, -0.05) is 96.6 Å². The molecule has 3 aliphatic rings. The normalized spacial score (nSPS) is 15.4. The highest BCUT2D eigenvalue weighted by Crippen LogP contribution is 2.44. The fourth-order valence-electron chi connectivity index (χ4n) is 13.0. The van der Waals surface area contributed by atoms with Gasteiger partial charge in [0.2, 0.25) is 0 Å². The summed E-state index contributed by atoms with van der Waals surface area (Å²) in [4.78, 5) is 54.9. The number of ether oxygens (including phenoxy) is 8. The van der Waals surface area contributed by atoms with Crippen molar-refractivity contribution in [3.8, 4) is 23.0 Å². The number of carbonyl (C=O) groups is 3. The van der Waals surface area contributed by atoms with Crippen molar-refractivity contribution in [2.45, 2.75) is 76.9 Å². The molecule has 10 aromatic rings. The first kappa shape index (κ1) is 74.2. The molecule has 0 bridgehead atoms. The Morgan fingerprint density at radius 3 is 1.19 bits per heavy atom. The fourth-order valence-corrected chi connectivity index (χ4v) is 14.0. The maximum absolute atomic E-state index is 13.4. The van der Waals surface area contributed by atoms with E-state index in [0.29, 0.717) is 110 Å². The zero-order valence-electron chi connectivity index (χ0n) is 56.8. The van der Waals surface area contributed by atoms with E-state index in [1.165, 1.54) is 18.2 Å². The number of aromatic nitrogens is 3. The number of unbranched alkanes of at least 4 members (excludes halogenated alkanes) is 2. The van der Waals surface area contributed by atoms with Gasteiger partial charge in [0.15, 0.2) is 0 Å². The van der Waals surface area contributed by atoms with Crippen LogP contribution in [0.3, 0.4) is 0 Å². The van der Waals surface area contributed by atoms with Crippen molar-refractivity contribution in [3.63, 3.8) is 0 Å². The van der Waals surface area contributed by atoms with Gasteiger partial charge in [-0.05, 0) is 200 Å². The number of benzene rings is 7. The molecule has 532 valence electrons.